The highest BCUT2D eigenvalue weighted by Gasteiger charge is 2.16. The van der Waals surface area contributed by atoms with Crippen LogP contribution in [0.4, 0.5) is 10.1 Å². The molecular weight excluding hydrogens is 173 g/mol. The van der Waals surface area contributed by atoms with Gasteiger partial charge >= 0.3 is 5.97 Å². The van der Waals surface area contributed by atoms with Crippen molar-refractivity contribution in [2.24, 2.45) is 0 Å². The van der Waals surface area contributed by atoms with Crippen LogP contribution in [0.25, 0.3) is 0 Å². The van der Waals surface area contributed by atoms with Crippen LogP contribution in [0.1, 0.15) is 18.4 Å². The van der Waals surface area contributed by atoms with Crippen molar-refractivity contribution in [3.63, 3.8) is 0 Å². The van der Waals surface area contributed by atoms with Gasteiger partial charge in [0.1, 0.15) is 5.82 Å². The van der Waals surface area contributed by atoms with E-state index < -0.39 is 17.7 Å². The number of carboxylic acids is 1. The molecule has 13 heavy (non-hydrogen) atoms. The average molecular weight is 183 g/mol. The normalized spacial score (nSPS) is 12.5. The van der Waals surface area contributed by atoms with Crippen molar-refractivity contribution < 1.29 is 14.3 Å². The molecule has 1 aromatic carbocycles. The molecule has 0 bridgehead atoms. The molecule has 0 saturated carbocycles. The van der Waals surface area contributed by atoms with Crippen LogP contribution in [0.2, 0.25) is 0 Å². The highest BCUT2D eigenvalue weighted by atomic mass is 19.1. The molecule has 0 amide bonds. The minimum atomic E-state index is -0.974. The molecule has 3 nitrogen and oxygen atoms in total. The third-order valence-electron chi connectivity index (χ3n) is 1.89. The van der Waals surface area contributed by atoms with Crippen molar-refractivity contribution in [1.29, 1.82) is 0 Å². The minimum Gasteiger partial charge on any atom is -0.481 e. The summed E-state index contributed by atoms with van der Waals surface area (Å²) in [5.41, 5.74) is 6.07. The summed E-state index contributed by atoms with van der Waals surface area (Å²) in [4.78, 5) is 10.6. The number of halogens is 1. The van der Waals surface area contributed by atoms with Gasteiger partial charge in [0.25, 0.3) is 0 Å². The van der Waals surface area contributed by atoms with Gasteiger partial charge in [-0.05, 0) is 24.6 Å². The number of anilines is 1. The molecular formula is C9H10FNO2. The Morgan fingerprint density at radius 3 is 2.69 bits per heavy atom. The molecule has 1 aromatic rings. The molecule has 1 rings (SSSR count). The number of hydrogen-bond donors (Lipinski definition) is 2. The summed E-state index contributed by atoms with van der Waals surface area (Å²) in [6.45, 7) is 1.51. The molecule has 0 aliphatic rings. The van der Waals surface area contributed by atoms with Gasteiger partial charge < -0.3 is 10.8 Å². The summed E-state index contributed by atoms with van der Waals surface area (Å²) >= 11 is 0. The Morgan fingerprint density at radius 2 is 2.23 bits per heavy atom. The van der Waals surface area contributed by atoms with Gasteiger partial charge in [-0.15, -0.1) is 0 Å². The summed E-state index contributed by atoms with van der Waals surface area (Å²) < 4.78 is 12.6. The van der Waals surface area contributed by atoms with Crippen molar-refractivity contribution in [1.82, 2.24) is 0 Å². The fourth-order valence-electron chi connectivity index (χ4n) is 1.07. The van der Waals surface area contributed by atoms with Gasteiger partial charge in [0.05, 0.1) is 5.92 Å². The molecule has 1 atom stereocenters. The van der Waals surface area contributed by atoms with Crippen LogP contribution in [-0.4, -0.2) is 11.1 Å². The van der Waals surface area contributed by atoms with Gasteiger partial charge in [-0.1, -0.05) is 6.07 Å². The number of aliphatic carboxylic acids is 1. The van der Waals surface area contributed by atoms with Gasteiger partial charge in [0.2, 0.25) is 0 Å². The second-order valence-corrected chi connectivity index (χ2v) is 2.83. The zero-order chi connectivity index (χ0) is 10.0. The monoisotopic (exact) mass is 183 g/mol. The standard InChI is InChI=1S/C9H10FNO2/c1-5(9(12)13)7-3-2-6(10)4-8(7)11/h2-5H,11H2,1H3,(H,12,13). The van der Waals surface area contributed by atoms with E-state index in [1.54, 1.807) is 0 Å². The average Bonchev–Trinajstić information content (AvgIpc) is 2.03. The second kappa shape index (κ2) is 3.43. The number of nitrogen functional groups attached to an aromatic ring is 1. The summed E-state index contributed by atoms with van der Waals surface area (Å²) in [6.07, 6.45) is 0. The number of carboxylic acid groups (broad SMARTS) is 1. The van der Waals surface area contributed by atoms with Crippen LogP contribution < -0.4 is 5.73 Å². The molecule has 0 aromatic heterocycles. The van der Waals surface area contributed by atoms with Gasteiger partial charge in [-0.2, -0.15) is 0 Å². The Labute approximate surface area is 75.0 Å². The maximum Gasteiger partial charge on any atom is 0.310 e. The lowest BCUT2D eigenvalue weighted by Gasteiger charge is -2.09. The Bertz CT molecular complexity index is 338. The highest BCUT2D eigenvalue weighted by Crippen LogP contribution is 2.22. The molecule has 0 aliphatic heterocycles. The Kier molecular flexibility index (Phi) is 2.51. The highest BCUT2D eigenvalue weighted by molar-refractivity contribution is 5.77. The third kappa shape index (κ3) is 1.96. The van der Waals surface area contributed by atoms with E-state index in [-0.39, 0.29) is 5.69 Å². The lowest BCUT2D eigenvalue weighted by atomic mass is 10.00. The van der Waals surface area contributed by atoms with Crippen molar-refractivity contribution in [3.8, 4) is 0 Å². The van der Waals surface area contributed by atoms with Gasteiger partial charge in [0.15, 0.2) is 0 Å². The van der Waals surface area contributed by atoms with Crippen molar-refractivity contribution in [2.75, 3.05) is 5.73 Å². The Hall–Kier alpha value is -1.58. The lowest BCUT2D eigenvalue weighted by molar-refractivity contribution is -0.138. The summed E-state index contributed by atoms with van der Waals surface area (Å²) in [5.74, 6) is -2.14. The van der Waals surface area contributed by atoms with Crippen LogP contribution in [0, 0.1) is 5.82 Å². The van der Waals surface area contributed by atoms with Crippen molar-refractivity contribution in [3.05, 3.63) is 29.6 Å². The van der Waals surface area contributed by atoms with E-state index in [4.69, 9.17) is 10.8 Å². The lowest BCUT2D eigenvalue weighted by Crippen LogP contribution is -2.09. The zero-order valence-corrected chi connectivity index (χ0v) is 7.12. The molecule has 0 spiro atoms. The molecule has 1 unspecified atom stereocenters. The van der Waals surface area contributed by atoms with Crippen LogP contribution in [0.15, 0.2) is 18.2 Å². The fraction of sp³-hybridized carbons (Fsp3) is 0.222. The van der Waals surface area contributed by atoms with Crippen LogP contribution >= 0.6 is 0 Å². The van der Waals surface area contributed by atoms with Crippen LogP contribution in [-0.2, 0) is 4.79 Å². The van der Waals surface area contributed by atoms with E-state index in [1.807, 2.05) is 0 Å². The first kappa shape index (κ1) is 9.51. The van der Waals surface area contributed by atoms with E-state index in [0.717, 1.165) is 6.07 Å². The second-order valence-electron chi connectivity index (χ2n) is 2.83. The van der Waals surface area contributed by atoms with E-state index >= 15 is 0 Å². The van der Waals surface area contributed by atoms with Crippen molar-refractivity contribution in [2.45, 2.75) is 12.8 Å². The predicted molar refractivity (Wildman–Crippen MR) is 46.9 cm³/mol. The van der Waals surface area contributed by atoms with Gasteiger partial charge in [-0.25, -0.2) is 4.39 Å². The maximum atomic E-state index is 12.6. The largest absolute Gasteiger partial charge is 0.481 e. The van der Waals surface area contributed by atoms with Crippen molar-refractivity contribution >= 4 is 11.7 Å². The van der Waals surface area contributed by atoms with E-state index in [9.17, 15) is 9.18 Å². The number of rotatable bonds is 2. The zero-order valence-electron chi connectivity index (χ0n) is 7.12. The predicted octanol–water partition coefficient (Wildman–Crippen LogP) is 1.60. The summed E-state index contributed by atoms with van der Waals surface area (Å²) in [5, 5.41) is 8.68. The van der Waals surface area contributed by atoms with Gasteiger partial charge in [-0.3, -0.25) is 4.79 Å². The smallest absolute Gasteiger partial charge is 0.310 e. The molecule has 4 heteroatoms. The maximum absolute atomic E-state index is 12.6. The molecule has 0 aliphatic carbocycles. The quantitative estimate of drug-likeness (QED) is 0.684. The third-order valence-corrected chi connectivity index (χ3v) is 1.89. The first-order valence-electron chi connectivity index (χ1n) is 3.80. The van der Waals surface area contributed by atoms with E-state index in [0.29, 0.717) is 5.56 Å². The number of carbonyl (C=O) groups is 1. The molecule has 70 valence electrons. The molecule has 0 heterocycles. The Balaban J connectivity index is 3.08. The number of nitrogens with two attached hydrogens (primary N) is 1. The first-order valence-corrected chi connectivity index (χ1v) is 3.80. The molecule has 3 N–H and O–H groups in total. The topological polar surface area (TPSA) is 63.3 Å². The molecule has 0 fully saturated rings. The van der Waals surface area contributed by atoms with Crippen LogP contribution in [0.5, 0.6) is 0 Å². The summed E-state index contributed by atoms with van der Waals surface area (Å²) in [6, 6.07) is 3.71. The van der Waals surface area contributed by atoms with Gasteiger partial charge in [0, 0.05) is 5.69 Å². The number of hydrogen-bond acceptors (Lipinski definition) is 2. The fourth-order valence-corrected chi connectivity index (χ4v) is 1.07. The summed E-state index contributed by atoms with van der Waals surface area (Å²) in [7, 11) is 0. The number of benzene rings is 1. The van der Waals surface area contributed by atoms with E-state index in [1.165, 1.54) is 19.1 Å². The molecule has 0 radical (unpaired) electrons. The Morgan fingerprint density at radius 1 is 1.62 bits per heavy atom. The van der Waals surface area contributed by atoms with Crippen LogP contribution in [0.3, 0.4) is 0 Å². The minimum absolute atomic E-state index is 0.176. The van der Waals surface area contributed by atoms with E-state index in [2.05, 4.69) is 0 Å². The molecule has 0 saturated heterocycles. The first-order chi connectivity index (χ1) is 6.02. The SMILES string of the molecule is CC(C(=O)O)c1ccc(F)cc1N.